The Balaban J connectivity index is 2.53. The predicted molar refractivity (Wildman–Crippen MR) is 67.2 cm³/mol. The normalized spacial score (nSPS) is 10.0. The number of carbonyl (C=O) groups excluding carboxylic acids is 1. The van der Waals surface area contributed by atoms with E-state index in [0.717, 1.165) is 5.03 Å². The molecule has 1 aromatic rings. The molecule has 0 spiro atoms. The van der Waals surface area contributed by atoms with Gasteiger partial charge in [0, 0.05) is 5.75 Å². The fourth-order valence-corrected chi connectivity index (χ4v) is 1.90. The van der Waals surface area contributed by atoms with Crippen LogP contribution in [0.1, 0.15) is 13.3 Å². The van der Waals surface area contributed by atoms with Crippen LogP contribution in [0, 0.1) is 0 Å². The highest BCUT2D eigenvalue weighted by Gasteiger charge is 2.06. The molecule has 5 nitrogen and oxygen atoms in total. The van der Waals surface area contributed by atoms with Crippen LogP contribution in [0.25, 0.3) is 0 Å². The van der Waals surface area contributed by atoms with Crippen LogP contribution < -0.4 is 10.5 Å². The maximum Gasteiger partial charge on any atom is 0.306 e. The van der Waals surface area contributed by atoms with Crippen molar-refractivity contribution in [3.63, 3.8) is 0 Å². The third-order valence-electron chi connectivity index (χ3n) is 1.93. The highest BCUT2D eigenvalue weighted by atomic mass is 32.2. The lowest BCUT2D eigenvalue weighted by molar-refractivity contribution is -0.140. The minimum absolute atomic E-state index is 0.224. The highest BCUT2D eigenvalue weighted by molar-refractivity contribution is 7.99. The van der Waals surface area contributed by atoms with Gasteiger partial charge in [-0.05, 0) is 19.1 Å². The summed E-state index contributed by atoms with van der Waals surface area (Å²) >= 11 is 1.47. The molecule has 0 fully saturated rings. The van der Waals surface area contributed by atoms with E-state index >= 15 is 0 Å². The fourth-order valence-electron chi connectivity index (χ4n) is 1.11. The minimum atomic E-state index is -0.224. The van der Waals surface area contributed by atoms with Crippen LogP contribution in [0.5, 0.6) is 5.88 Å². The van der Waals surface area contributed by atoms with Crippen molar-refractivity contribution in [2.75, 3.05) is 25.2 Å². The van der Waals surface area contributed by atoms with Crippen molar-refractivity contribution >= 4 is 23.4 Å². The van der Waals surface area contributed by atoms with E-state index in [0.29, 0.717) is 30.3 Å². The van der Waals surface area contributed by atoms with Gasteiger partial charge in [-0.2, -0.15) is 0 Å². The Labute approximate surface area is 105 Å². The molecule has 1 rings (SSSR count). The first-order valence-corrected chi connectivity index (χ1v) is 6.24. The van der Waals surface area contributed by atoms with Crippen molar-refractivity contribution in [3.8, 4) is 5.88 Å². The molecule has 0 atom stereocenters. The molecular weight excluding hydrogens is 240 g/mol. The third-order valence-corrected chi connectivity index (χ3v) is 2.86. The topological polar surface area (TPSA) is 74.4 Å². The quantitative estimate of drug-likeness (QED) is 0.617. The van der Waals surface area contributed by atoms with Crippen LogP contribution in [-0.2, 0) is 9.53 Å². The Morgan fingerprint density at radius 2 is 2.29 bits per heavy atom. The number of methoxy groups -OCH3 is 1. The van der Waals surface area contributed by atoms with Gasteiger partial charge in [0.25, 0.3) is 0 Å². The van der Waals surface area contributed by atoms with Gasteiger partial charge in [0.1, 0.15) is 5.03 Å². The van der Waals surface area contributed by atoms with Gasteiger partial charge >= 0.3 is 5.97 Å². The molecule has 2 N–H and O–H groups in total. The number of carbonyl (C=O) groups is 1. The molecule has 1 heterocycles. The highest BCUT2D eigenvalue weighted by Crippen LogP contribution is 2.24. The van der Waals surface area contributed by atoms with Gasteiger partial charge < -0.3 is 15.2 Å². The third kappa shape index (κ3) is 4.52. The van der Waals surface area contributed by atoms with Crippen molar-refractivity contribution in [3.05, 3.63) is 12.1 Å². The van der Waals surface area contributed by atoms with Gasteiger partial charge in [-0.1, -0.05) is 0 Å². The first-order valence-electron chi connectivity index (χ1n) is 5.26. The Hall–Kier alpha value is -1.43. The van der Waals surface area contributed by atoms with Gasteiger partial charge in [-0.25, -0.2) is 4.98 Å². The molecule has 0 saturated heterocycles. The summed E-state index contributed by atoms with van der Waals surface area (Å²) in [5, 5.41) is 0.784. The number of hydrogen-bond acceptors (Lipinski definition) is 6. The molecule has 0 radical (unpaired) electrons. The molecule has 1 aromatic heterocycles. The number of rotatable bonds is 6. The van der Waals surface area contributed by atoms with E-state index in [9.17, 15) is 4.79 Å². The molecule has 0 aliphatic rings. The lowest BCUT2D eigenvalue weighted by Gasteiger charge is -2.07. The molecule has 17 heavy (non-hydrogen) atoms. The lowest BCUT2D eigenvalue weighted by Crippen LogP contribution is -2.02. The number of nitrogens with zero attached hydrogens (tertiary/aromatic N) is 1. The number of aromatic nitrogens is 1. The smallest absolute Gasteiger partial charge is 0.306 e. The SMILES string of the molecule is CCOc1nc(SCCC(=O)OC)ccc1N. The van der Waals surface area contributed by atoms with Gasteiger partial charge in [-0.15, -0.1) is 11.8 Å². The van der Waals surface area contributed by atoms with Crippen LogP contribution in [0.4, 0.5) is 5.69 Å². The van der Waals surface area contributed by atoms with Crippen molar-refractivity contribution < 1.29 is 14.3 Å². The second-order valence-corrected chi connectivity index (χ2v) is 4.27. The number of thioether (sulfide) groups is 1. The summed E-state index contributed by atoms with van der Waals surface area (Å²) in [5.41, 5.74) is 6.22. The van der Waals surface area contributed by atoms with Crippen LogP contribution in [-0.4, -0.2) is 30.4 Å². The molecule has 0 amide bonds. The van der Waals surface area contributed by atoms with E-state index in [-0.39, 0.29) is 5.97 Å². The Morgan fingerprint density at radius 3 is 2.94 bits per heavy atom. The van der Waals surface area contributed by atoms with Crippen LogP contribution in [0.15, 0.2) is 17.2 Å². The number of hydrogen-bond donors (Lipinski definition) is 1. The predicted octanol–water partition coefficient (Wildman–Crippen LogP) is 1.72. The number of pyridine rings is 1. The van der Waals surface area contributed by atoms with E-state index in [2.05, 4.69) is 9.72 Å². The molecule has 6 heteroatoms. The molecule has 0 aliphatic heterocycles. The van der Waals surface area contributed by atoms with Crippen LogP contribution in [0.3, 0.4) is 0 Å². The monoisotopic (exact) mass is 256 g/mol. The van der Waals surface area contributed by atoms with E-state index in [4.69, 9.17) is 10.5 Å². The second-order valence-electron chi connectivity index (χ2n) is 3.15. The van der Waals surface area contributed by atoms with Crippen molar-refractivity contribution in [1.29, 1.82) is 0 Å². The van der Waals surface area contributed by atoms with Crippen molar-refractivity contribution in [2.24, 2.45) is 0 Å². The van der Waals surface area contributed by atoms with E-state index in [1.165, 1.54) is 18.9 Å². The molecule has 94 valence electrons. The molecule has 0 aromatic carbocycles. The summed E-state index contributed by atoms with van der Waals surface area (Å²) in [5.74, 6) is 0.836. The summed E-state index contributed by atoms with van der Waals surface area (Å²) in [6, 6.07) is 3.55. The first-order chi connectivity index (χ1) is 8.17. The molecule has 0 aliphatic carbocycles. The van der Waals surface area contributed by atoms with Gasteiger partial charge in [-0.3, -0.25) is 4.79 Å². The maximum absolute atomic E-state index is 10.9. The van der Waals surface area contributed by atoms with Crippen molar-refractivity contribution in [1.82, 2.24) is 4.98 Å². The molecular formula is C11H16N2O3S. The largest absolute Gasteiger partial charge is 0.476 e. The summed E-state index contributed by atoms with van der Waals surface area (Å²) < 4.78 is 9.84. The van der Waals surface area contributed by atoms with E-state index < -0.39 is 0 Å². The van der Waals surface area contributed by atoms with Crippen molar-refractivity contribution in [2.45, 2.75) is 18.4 Å². The second kappa shape index (κ2) is 7.01. The first kappa shape index (κ1) is 13.6. The average Bonchev–Trinajstić information content (AvgIpc) is 2.33. The van der Waals surface area contributed by atoms with E-state index in [1.54, 1.807) is 12.1 Å². The van der Waals surface area contributed by atoms with Crippen LogP contribution in [0.2, 0.25) is 0 Å². The van der Waals surface area contributed by atoms with Gasteiger partial charge in [0.05, 0.1) is 25.8 Å². The zero-order valence-electron chi connectivity index (χ0n) is 9.93. The molecule has 0 bridgehead atoms. The molecule has 0 unspecified atom stereocenters. The summed E-state index contributed by atoms with van der Waals surface area (Å²) in [7, 11) is 1.38. The Kier molecular flexibility index (Phi) is 5.62. The summed E-state index contributed by atoms with van der Waals surface area (Å²) in [6.07, 6.45) is 0.358. The number of ether oxygens (including phenoxy) is 2. The lowest BCUT2D eigenvalue weighted by atomic mass is 10.4. The fraction of sp³-hybridized carbons (Fsp3) is 0.455. The Bertz CT molecular complexity index is 385. The number of anilines is 1. The molecule has 0 saturated carbocycles. The zero-order valence-corrected chi connectivity index (χ0v) is 10.8. The summed E-state index contributed by atoms with van der Waals surface area (Å²) in [6.45, 7) is 2.39. The number of esters is 1. The van der Waals surface area contributed by atoms with E-state index in [1.807, 2.05) is 6.92 Å². The number of nitrogens with two attached hydrogens (primary N) is 1. The van der Waals surface area contributed by atoms with Gasteiger partial charge in [0.15, 0.2) is 0 Å². The minimum Gasteiger partial charge on any atom is -0.476 e. The van der Waals surface area contributed by atoms with Crippen LogP contribution >= 0.6 is 11.8 Å². The number of nitrogen functional groups attached to an aromatic ring is 1. The average molecular weight is 256 g/mol. The van der Waals surface area contributed by atoms with Gasteiger partial charge in [0.2, 0.25) is 5.88 Å². The standard InChI is InChI=1S/C11H16N2O3S/c1-3-16-11-8(12)4-5-9(13-11)17-7-6-10(14)15-2/h4-5H,3,6-7,12H2,1-2H3. The zero-order chi connectivity index (χ0) is 12.7. The summed E-state index contributed by atoms with van der Waals surface area (Å²) in [4.78, 5) is 15.2. The maximum atomic E-state index is 10.9. The Morgan fingerprint density at radius 1 is 1.53 bits per heavy atom.